The van der Waals surface area contributed by atoms with Gasteiger partial charge < -0.3 is 9.84 Å². The Morgan fingerprint density at radius 1 is 1.33 bits per heavy atom. The van der Waals surface area contributed by atoms with Crippen molar-refractivity contribution in [3.05, 3.63) is 29.6 Å². The molecule has 1 fully saturated rings. The molecule has 1 aromatic rings. The second-order valence-electron chi connectivity index (χ2n) is 4.77. The fourth-order valence-electron chi connectivity index (χ4n) is 2.10. The topological polar surface area (TPSA) is 78.9 Å². The third-order valence-corrected chi connectivity index (χ3v) is 4.79. The minimum atomic E-state index is -3.88. The van der Waals surface area contributed by atoms with Crippen molar-refractivity contribution in [2.45, 2.75) is 11.5 Å². The summed E-state index contributed by atoms with van der Waals surface area (Å²) < 4.78 is 45.4. The molecule has 1 aromatic carbocycles. The number of hydrogen-bond acceptors (Lipinski definition) is 5. The largest absolute Gasteiger partial charge is 0.392 e. The first-order valence-corrected chi connectivity index (χ1v) is 8.20. The first-order valence-electron chi connectivity index (χ1n) is 6.72. The lowest BCUT2D eigenvalue weighted by molar-refractivity contribution is 0.0390. The Hall–Kier alpha value is -1.06. The van der Waals surface area contributed by atoms with Crippen molar-refractivity contribution in [3.8, 4) is 0 Å². The van der Waals surface area contributed by atoms with Gasteiger partial charge in [0.2, 0.25) is 10.0 Å². The van der Waals surface area contributed by atoms with Crippen molar-refractivity contribution in [2.75, 3.05) is 39.4 Å². The summed E-state index contributed by atoms with van der Waals surface area (Å²) in [4.78, 5) is 1.68. The summed E-state index contributed by atoms with van der Waals surface area (Å²) in [5.41, 5.74) is 0.333. The van der Waals surface area contributed by atoms with Gasteiger partial charge in [-0.2, -0.15) is 0 Å². The van der Waals surface area contributed by atoms with Gasteiger partial charge in [0.1, 0.15) is 10.7 Å². The molecule has 1 saturated heterocycles. The van der Waals surface area contributed by atoms with Gasteiger partial charge in [-0.15, -0.1) is 0 Å². The van der Waals surface area contributed by atoms with Gasteiger partial charge in [0.05, 0.1) is 19.8 Å². The Balaban J connectivity index is 1.94. The number of sulfonamides is 1. The lowest BCUT2D eigenvalue weighted by Gasteiger charge is -2.26. The second kappa shape index (κ2) is 7.28. The first-order chi connectivity index (χ1) is 10.0. The number of nitrogens with one attached hydrogen (secondary N) is 1. The molecular formula is C13H19FN2O4S. The van der Waals surface area contributed by atoms with E-state index in [1.165, 1.54) is 6.07 Å². The molecule has 2 rings (SSSR count). The molecule has 0 atom stereocenters. The van der Waals surface area contributed by atoms with Crippen molar-refractivity contribution in [1.29, 1.82) is 0 Å². The van der Waals surface area contributed by atoms with Crippen molar-refractivity contribution < 1.29 is 22.7 Å². The van der Waals surface area contributed by atoms with E-state index >= 15 is 0 Å². The normalized spacial score (nSPS) is 17.0. The minimum Gasteiger partial charge on any atom is -0.392 e. The lowest BCUT2D eigenvalue weighted by Crippen LogP contribution is -2.41. The molecule has 8 heteroatoms. The summed E-state index contributed by atoms with van der Waals surface area (Å²) >= 11 is 0. The van der Waals surface area contributed by atoms with Crippen LogP contribution in [0.3, 0.4) is 0 Å². The van der Waals surface area contributed by atoms with Crippen LogP contribution in [0.2, 0.25) is 0 Å². The maximum Gasteiger partial charge on any atom is 0.243 e. The molecule has 0 unspecified atom stereocenters. The number of morpholine rings is 1. The lowest BCUT2D eigenvalue weighted by atomic mass is 10.2. The molecule has 1 heterocycles. The van der Waals surface area contributed by atoms with Crippen LogP contribution in [0.25, 0.3) is 0 Å². The smallest absolute Gasteiger partial charge is 0.243 e. The molecule has 1 aliphatic heterocycles. The van der Waals surface area contributed by atoms with Gasteiger partial charge in [-0.3, -0.25) is 4.90 Å². The van der Waals surface area contributed by atoms with E-state index in [0.717, 1.165) is 25.2 Å². The number of aliphatic hydroxyl groups excluding tert-OH is 1. The fraction of sp³-hybridized carbons (Fsp3) is 0.538. The van der Waals surface area contributed by atoms with Crippen LogP contribution in [0.1, 0.15) is 5.56 Å². The maximum absolute atomic E-state index is 13.8. The molecule has 118 valence electrons. The molecule has 2 N–H and O–H groups in total. The molecule has 1 aliphatic rings. The van der Waals surface area contributed by atoms with E-state index in [1.54, 1.807) is 0 Å². The third kappa shape index (κ3) is 4.45. The van der Waals surface area contributed by atoms with Gasteiger partial charge in [-0.1, -0.05) is 6.07 Å². The molecular weight excluding hydrogens is 299 g/mol. The summed E-state index contributed by atoms with van der Waals surface area (Å²) in [6.45, 7) is 3.25. The Bertz CT molecular complexity index is 574. The van der Waals surface area contributed by atoms with Crippen molar-refractivity contribution in [3.63, 3.8) is 0 Å². The molecule has 21 heavy (non-hydrogen) atoms. The Labute approximate surface area is 123 Å². The average Bonchev–Trinajstić information content (AvgIpc) is 2.47. The highest BCUT2D eigenvalue weighted by molar-refractivity contribution is 7.89. The molecule has 6 nitrogen and oxygen atoms in total. The Morgan fingerprint density at radius 2 is 2.05 bits per heavy atom. The maximum atomic E-state index is 13.8. The first kappa shape index (κ1) is 16.3. The van der Waals surface area contributed by atoms with Crippen LogP contribution in [0.15, 0.2) is 23.1 Å². The molecule has 0 bridgehead atoms. The minimum absolute atomic E-state index is 0.212. The molecule has 0 saturated carbocycles. The van der Waals surface area contributed by atoms with Crippen LogP contribution >= 0.6 is 0 Å². The van der Waals surface area contributed by atoms with E-state index < -0.39 is 20.7 Å². The molecule has 0 amide bonds. The van der Waals surface area contributed by atoms with Crippen LogP contribution in [0.4, 0.5) is 4.39 Å². The Morgan fingerprint density at radius 3 is 2.67 bits per heavy atom. The van der Waals surface area contributed by atoms with E-state index in [1.807, 2.05) is 0 Å². The molecule has 0 aromatic heterocycles. The highest BCUT2D eigenvalue weighted by Gasteiger charge is 2.19. The van der Waals surface area contributed by atoms with Crippen molar-refractivity contribution in [2.24, 2.45) is 0 Å². The van der Waals surface area contributed by atoms with E-state index in [4.69, 9.17) is 9.84 Å². The fourth-order valence-corrected chi connectivity index (χ4v) is 3.18. The van der Waals surface area contributed by atoms with Crippen molar-refractivity contribution >= 4 is 10.0 Å². The van der Waals surface area contributed by atoms with Gasteiger partial charge in [-0.05, 0) is 17.7 Å². The average molecular weight is 318 g/mol. The monoisotopic (exact) mass is 318 g/mol. The zero-order chi connectivity index (χ0) is 15.3. The summed E-state index contributed by atoms with van der Waals surface area (Å²) in [7, 11) is -3.88. The predicted octanol–water partition coefficient (Wildman–Crippen LogP) is -0.0715. The highest BCUT2D eigenvalue weighted by Crippen LogP contribution is 2.15. The zero-order valence-electron chi connectivity index (χ0n) is 11.6. The summed E-state index contributed by atoms with van der Waals surface area (Å²) in [5.74, 6) is -0.861. The number of rotatable bonds is 6. The summed E-state index contributed by atoms with van der Waals surface area (Å²) in [6.07, 6.45) is 0. The standard InChI is InChI=1S/C13H19FN2O4S/c14-12-9-11(10-17)1-2-13(12)21(18,19)15-3-4-16-5-7-20-8-6-16/h1-2,9,15,17H,3-8,10H2. The zero-order valence-corrected chi connectivity index (χ0v) is 12.4. The van der Waals surface area contributed by atoms with Crippen LogP contribution in [-0.4, -0.2) is 57.8 Å². The SMILES string of the molecule is O=S(=O)(NCCN1CCOCC1)c1ccc(CO)cc1F. The van der Waals surface area contributed by atoms with Crippen LogP contribution in [-0.2, 0) is 21.4 Å². The molecule has 0 radical (unpaired) electrons. The second-order valence-corrected chi connectivity index (χ2v) is 6.51. The van der Waals surface area contributed by atoms with Gasteiger partial charge in [0, 0.05) is 26.2 Å². The summed E-state index contributed by atoms with van der Waals surface area (Å²) in [5, 5.41) is 8.89. The third-order valence-electron chi connectivity index (χ3n) is 3.29. The number of aliphatic hydroxyl groups is 1. The van der Waals surface area contributed by atoms with E-state index in [0.29, 0.717) is 25.3 Å². The van der Waals surface area contributed by atoms with Gasteiger partial charge in [0.25, 0.3) is 0 Å². The highest BCUT2D eigenvalue weighted by atomic mass is 32.2. The predicted molar refractivity (Wildman–Crippen MR) is 74.8 cm³/mol. The number of nitrogens with zero attached hydrogens (tertiary/aromatic N) is 1. The van der Waals surface area contributed by atoms with E-state index in [9.17, 15) is 12.8 Å². The Kier molecular flexibility index (Phi) is 5.65. The number of benzene rings is 1. The van der Waals surface area contributed by atoms with Gasteiger partial charge in [0.15, 0.2) is 0 Å². The quantitative estimate of drug-likeness (QED) is 0.767. The van der Waals surface area contributed by atoms with Crippen LogP contribution in [0, 0.1) is 5.82 Å². The van der Waals surface area contributed by atoms with Crippen LogP contribution < -0.4 is 4.72 Å². The van der Waals surface area contributed by atoms with E-state index in [2.05, 4.69) is 9.62 Å². The molecule has 0 spiro atoms. The van der Waals surface area contributed by atoms with Crippen molar-refractivity contribution in [1.82, 2.24) is 9.62 Å². The number of halogens is 1. The molecule has 0 aliphatic carbocycles. The number of ether oxygens (including phenoxy) is 1. The summed E-state index contributed by atoms with van der Waals surface area (Å²) in [6, 6.07) is 3.58. The van der Waals surface area contributed by atoms with Crippen LogP contribution in [0.5, 0.6) is 0 Å². The van der Waals surface area contributed by atoms with Gasteiger partial charge in [-0.25, -0.2) is 17.5 Å². The van der Waals surface area contributed by atoms with E-state index in [-0.39, 0.29) is 13.2 Å². The number of hydrogen-bond donors (Lipinski definition) is 2. The van der Waals surface area contributed by atoms with Gasteiger partial charge >= 0.3 is 0 Å².